The zero-order valence-corrected chi connectivity index (χ0v) is 28.1. The van der Waals surface area contributed by atoms with Gasteiger partial charge in [0, 0.05) is 49.8 Å². The average Bonchev–Trinajstić information content (AvgIpc) is 3.73. The molecule has 0 amide bonds. The van der Waals surface area contributed by atoms with Gasteiger partial charge in [-0.25, -0.2) is 9.97 Å². The molecule has 9 aromatic rings. The summed E-state index contributed by atoms with van der Waals surface area (Å²) in [7, 11) is 0. The molecule has 3 aromatic heterocycles. The summed E-state index contributed by atoms with van der Waals surface area (Å²) >= 11 is 0. The van der Waals surface area contributed by atoms with Crippen molar-refractivity contribution in [3.8, 4) is 50.7 Å². The molecule has 1 unspecified atom stereocenters. The van der Waals surface area contributed by atoms with Gasteiger partial charge in [0.1, 0.15) is 11.2 Å². The van der Waals surface area contributed by atoms with Gasteiger partial charge in [-0.05, 0) is 65.9 Å². The van der Waals surface area contributed by atoms with E-state index < -0.39 is 0 Å². The first kappa shape index (κ1) is 29.4. The predicted octanol–water partition coefficient (Wildman–Crippen LogP) is 12.2. The maximum atomic E-state index is 6.29. The highest BCUT2D eigenvalue weighted by atomic mass is 16.3. The summed E-state index contributed by atoms with van der Waals surface area (Å²) in [5.41, 5.74) is 13.8. The van der Waals surface area contributed by atoms with Crippen LogP contribution in [0.3, 0.4) is 0 Å². The Hall–Kier alpha value is -6.52. The minimum atomic E-state index is 0.476. The lowest BCUT2D eigenvalue weighted by Gasteiger charge is -2.18. The molecule has 4 heteroatoms. The van der Waals surface area contributed by atoms with E-state index in [4.69, 9.17) is 14.4 Å². The van der Waals surface area contributed by atoms with Gasteiger partial charge in [-0.3, -0.25) is 0 Å². The number of benzene rings is 6. The van der Waals surface area contributed by atoms with E-state index in [0.29, 0.717) is 11.7 Å². The summed E-state index contributed by atoms with van der Waals surface area (Å²) in [4.78, 5) is 10.5. The highest BCUT2D eigenvalue weighted by Crippen LogP contribution is 2.37. The summed E-state index contributed by atoms with van der Waals surface area (Å²) in [5.74, 6) is 1.16. The van der Waals surface area contributed by atoms with Crippen LogP contribution < -0.4 is 0 Å². The number of hydrogen-bond donors (Lipinski definition) is 0. The lowest BCUT2D eigenvalue weighted by Crippen LogP contribution is -2.08. The monoisotopic (exact) mass is 655 g/mol. The molecular weight excluding hydrogens is 623 g/mol. The average molecular weight is 656 g/mol. The maximum Gasteiger partial charge on any atom is 0.160 e. The van der Waals surface area contributed by atoms with Crippen molar-refractivity contribution >= 4 is 38.9 Å². The maximum absolute atomic E-state index is 6.29. The van der Waals surface area contributed by atoms with Gasteiger partial charge in [-0.2, -0.15) is 0 Å². The van der Waals surface area contributed by atoms with Crippen LogP contribution >= 0.6 is 0 Å². The molecule has 0 fully saturated rings. The minimum absolute atomic E-state index is 0.476. The Kier molecular flexibility index (Phi) is 6.81. The van der Waals surface area contributed by atoms with Gasteiger partial charge in [0.2, 0.25) is 0 Å². The fourth-order valence-corrected chi connectivity index (χ4v) is 7.64. The van der Waals surface area contributed by atoms with E-state index in [2.05, 4.69) is 157 Å². The van der Waals surface area contributed by atoms with Gasteiger partial charge in [0.05, 0.1) is 16.9 Å². The van der Waals surface area contributed by atoms with Crippen molar-refractivity contribution in [2.75, 3.05) is 0 Å². The van der Waals surface area contributed by atoms with Crippen LogP contribution in [-0.2, 0) is 6.42 Å². The second kappa shape index (κ2) is 11.8. The molecule has 0 spiro atoms. The minimum Gasteiger partial charge on any atom is -0.456 e. The normalized spacial score (nSPS) is 14.0. The topological polar surface area (TPSA) is 43.9 Å². The molecule has 10 rings (SSSR count). The molecule has 6 aromatic carbocycles. The summed E-state index contributed by atoms with van der Waals surface area (Å²) in [5, 5.41) is 3.49. The van der Waals surface area contributed by atoms with Crippen LogP contribution in [0.5, 0.6) is 0 Å². The van der Waals surface area contributed by atoms with E-state index in [1.165, 1.54) is 33.3 Å². The predicted molar refractivity (Wildman–Crippen MR) is 210 cm³/mol. The molecule has 1 aliphatic rings. The van der Waals surface area contributed by atoms with Crippen LogP contribution in [0, 0.1) is 5.92 Å². The van der Waals surface area contributed by atoms with Crippen molar-refractivity contribution in [3.63, 3.8) is 0 Å². The molecule has 0 N–H and O–H groups in total. The molecular formula is C47H33N3O. The third-order valence-electron chi connectivity index (χ3n) is 10.2. The molecule has 242 valence electrons. The third-order valence-corrected chi connectivity index (χ3v) is 10.2. The fourth-order valence-electron chi connectivity index (χ4n) is 7.64. The molecule has 0 radical (unpaired) electrons. The first-order valence-electron chi connectivity index (χ1n) is 17.5. The molecule has 0 saturated heterocycles. The zero-order valence-electron chi connectivity index (χ0n) is 28.1. The van der Waals surface area contributed by atoms with Gasteiger partial charge < -0.3 is 8.98 Å². The first-order valence-corrected chi connectivity index (χ1v) is 17.5. The van der Waals surface area contributed by atoms with Gasteiger partial charge in [0.15, 0.2) is 5.82 Å². The molecule has 0 saturated carbocycles. The molecule has 0 aliphatic heterocycles. The van der Waals surface area contributed by atoms with E-state index in [1.54, 1.807) is 0 Å². The molecule has 51 heavy (non-hydrogen) atoms. The SMILES string of the molecule is CC1C=Cc2c(n(-c3cccc(-c4nc(-c5ccc(-c6ccccc6)cc5)cc(-c5ccc6c(c5)oc5ccccc56)n4)c3)c3ccccc23)C1. The number of allylic oxidation sites excluding steroid dienone is 1. The Morgan fingerprint density at radius 2 is 1.22 bits per heavy atom. The summed E-state index contributed by atoms with van der Waals surface area (Å²) in [6.45, 7) is 2.29. The third kappa shape index (κ3) is 5.07. The van der Waals surface area contributed by atoms with Crippen LogP contribution in [0.15, 0.2) is 162 Å². The number of aromatic nitrogens is 3. The van der Waals surface area contributed by atoms with E-state index in [-0.39, 0.29) is 0 Å². The van der Waals surface area contributed by atoms with E-state index in [0.717, 1.165) is 62.1 Å². The van der Waals surface area contributed by atoms with Crippen LogP contribution in [0.1, 0.15) is 18.2 Å². The summed E-state index contributed by atoms with van der Waals surface area (Å²) < 4.78 is 8.72. The Labute approximate surface area is 296 Å². The second-order valence-corrected chi connectivity index (χ2v) is 13.5. The standard InChI is InChI=1S/C47H33N3O/c1-30-18-24-38-37-14-5-7-16-43(37)50(44(38)26-30)36-13-9-12-35(27-36)47-48-41(33-21-19-32(20-22-33)31-10-3-2-4-11-31)29-42(49-47)34-23-25-40-39-15-6-8-17-45(39)51-46(40)28-34/h2-25,27-30H,26H2,1H3. The van der Waals surface area contributed by atoms with Gasteiger partial charge in [-0.1, -0.05) is 128 Å². The molecule has 0 bridgehead atoms. The van der Waals surface area contributed by atoms with Gasteiger partial charge in [-0.15, -0.1) is 0 Å². The number of hydrogen-bond acceptors (Lipinski definition) is 3. The molecule has 1 aliphatic carbocycles. The first-order chi connectivity index (χ1) is 25.2. The van der Waals surface area contributed by atoms with E-state index in [1.807, 2.05) is 18.2 Å². The van der Waals surface area contributed by atoms with Crippen LogP contribution in [0.25, 0.3) is 89.6 Å². The quantitative estimate of drug-likeness (QED) is 0.185. The molecule has 1 atom stereocenters. The fraction of sp³-hybridized carbons (Fsp3) is 0.0638. The van der Waals surface area contributed by atoms with Crippen LogP contribution in [0.2, 0.25) is 0 Å². The highest BCUT2D eigenvalue weighted by Gasteiger charge is 2.21. The Balaban J connectivity index is 1.13. The van der Waals surface area contributed by atoms with Crippen molar-refractivity contribution in [1.82, 2.24) is 14.5 Å². The largest absolute Gasteiger partial charge is 0.456 e. The lowest BCUT2D eigenvalue weighted by atomic mass is 9.95. The Morgan fingerprint density at radius 3 is 2.08 bits per heavy atom. The van der Waals surface area contributed by atoms with E-state index in [9.17, 15) is 0 Å². The van der Waals surface area contributed by atoms with Crippen molar-refractivity contribution in [3.05, 3.63) is 169 Å². The molecule has 4 nitrogen and oxygen atoms in total. The molecule has 3 heterocycles. The summed E-state index contributed by atoms with van der Waals surface area (Å²) in [6, 6.07) is 53.2. The van der Waals surface area contributed by atoms with E-state index >= 15 is 0 Å². The Morgan fingerprint density at radius 1 is 0.549 bits per heavy atom. The van der Waals surface area contributed by atoms with Crippen molar-refractivity contribution in [2.45, 2.75) is 13.3 Å². The number of para-hydroxylation sites is 2. The number of rotatable bonds is 5. The lowest BCUT2D eigenvalue weighted by molar-refractivity contribution is 0.669. The number of nitrogens with zero attached hydrogens (tertiary/aromatic N) is 3. The van der Waals surface area contributed by atoms with Crippen molar-refractivity contribution in [1.29, 1.82) is 0 Å². The van der Waals surface area contributed by atoms with Crippen molar-refractivity contribution < 1.29 is 4.42 Å². The summed E-state index contributed by atoms with van der Waals surface area (Å²) in [6.07, 6.45) is 5.61. The van der Waals surface area contributed by atoms with Gasteiger partial charge >= 0.3 is 0 Å². The van der Waals surface area contributed by atoms with Gasteiger partial charge in [0.25, 0.3) is 0 Å². The zero-order chi connectivity index (χ0) is 33.9. The van der Waals surface area contributed by atoms with Crippen LogP contribution in [-0.4, -0.2) is 14.5 Å². The van der Waals surface area contributed by atoms with Crippen LogP contribution in [0.4, 0.5) is 0 Å². The smallest absolute Gasteiger partial charge is 0.160 e. The second-order valence-electron chi connectivity index (χ2n) is 13.5. The number of furan rings is 1. The highest BCUT2D eigenvalue weighted by molar-refractivity contribution is 6.05. The van der Waals surface area contributed by atoms with Crippen molar-refractivity contribution in [2.24, 2.45) is 5.92 Å². The number of fused-ring (bicyclic) bond motifs is 6. The Bertz CT molecular complexity index is 2790.